The highest BCUT2D eigenvalue weighted by Crippen LogP contribution is 2.72. The average molecular weight is 304 g/mol. The molecule has 124 valence electrons. The Labute approximate surface area is 135 Å². The van der Waals surface area contributed by atoms with Crippen molar-refractivity contribution in [2.75, 3.05) is 6.61 Å². The van der Waals surface area contributed by atoms with Gasteiger partial charge in [-0.05, 0) is 85.4 Å². The first-order chi connectivity index (χ1) is 10.5. The molecule has 0 amide bonds. The van der Waals surface area contributed by atoms with E-state index in [0.717, 1.165) is 5.92 Å². The minimum absolute atomic E-state index is 0.133. The summed E-state index contributed by atoms with van der Waals surface area (Å²) in [6, 6.07) is 0. The zero-order chi connectivity index (χ0) is 15.6. The second-order valence-corrected chi connectivity index (χ2v) is 9.72. The van der Waals surface area contributed by atoms with Crippen LogP contribution in [0.2, 0.25) is 0 Å². The predicted octanol–water partition coefficient (Wildman–Crippen LogP) is 4.21. The summed E-state index contributed by atoms with van der Waals surface area (Å²) >= 11 is 0. The number of carbonyl (C=O) groups is 1. The summed E-state index contributed by atoms with van der Waals surface area (Å²) in [5, 5.41) is 10.1. The summed E-state index contributed by atoms with van der Waals surface area (Å²) in [5.41, 5.74) is 0.998. The van der Waals surface area contributed by atoms with E-state index in [4.69, 9.17) is 0 Å². The van der Waals surface area contributed by atoms with Crippen molar-refractivity contribution >= 4 is 6.29 Å². The smallest absolute Gasteiger partial charge is 0.123 e. The second-order valence-electron chi connectivity index (χ2n) is 9.72. The van der Waals surface area contributed by atoms with E-state index in [1.807, 2.05) is 0 Å². The summed E-state index contributed by atoms with van der Waals surface area (Å²) in [4.78, 5) is 11.5. The molecule has 4 aliphatic rings. The fourth-order valence-corrected chi connectivity index (χ4v) is 7.98. The zero-order valence-electron chi connectivity index (χ0n) is 14.3. The molecule has 2 nitrogen and oxygen atoms in total. The normalized spacial score (nSPS) is 57.0. The van der Waals surface area contributed by atoms with Crippen molar-refractivity contribution in [2.24, 2.45) is 39.9 Å². The largest absolute Gasteiger partial charge is 0.396 e. The molecule has 22 heavy (non-hydrogen) atoms. The number of aliphatic hydroxyl groups is 1. The first-order valence-electron chi connectivity index (χ1n) is 9.54. The Kier molecular flexibility index (Phi) is 3.32. The predicted molar refractivity (Wildman–Crippen MR) is 87.3 cm³/mol. The van der Waals surface area contributed by atoms with E-state index in [-0.39, 0.29) is 5.41 Å². The minimum atomic E-state index is 0.133. The van der Waals surface area contributed by atoms with Crippen molar-refractivity contribution in [3.8, 4) is 0 Å². The monoisotopic (exact) mass is 304 g/mol. The van der Waals surface area contributed by atoms with Gasteiger partial charge in [0.2, 0.25) is 0 Å². The van der Waals surface area contributed by atoms with E-state index >= 15 is 0 Å². The molecule has 0 aromatic carbocycles. The van der Waals surface area contributed by atoms with Gasteiger partial charge in [-0.3, -0.25) is 0 Å². The molecule has 2 bridgehead atoms. The molecule has 1 spiro atoms. The van der Waals surface area contributed by atoms with Crippen LogP contribution < -0.4 is 0 Å². The molecule has 0 aromatic heterocycles. The van der Waals surface area contributed by atoms with Gasteiger partial charge in [-0.15, -0.1) is 0 Å². The standard InChI is InChI=1S/C20H32O2/c1-18(13-22)7-3-8-19(2)16(18)6-9-20-10-14(4-5-17(19)20)15(11-20)12-21/h12,14-17,22H,3-11,13H2,1-2H3/t14-,15+,16-,17+,18+,19-,20+/m1/s1. The third kappa shape index (κ3) is 1.79. The number of hydrogen-bond acceptors (Lipinski definition) is 2. The van der Waals surface area contributed by atoms with Crippen molar-refractivity contribution in [1.82, 2.24) is 0 Å². The maximum absolute atomic E-state index is 11.5. The highest BCUT2D eigenvalue weighted by atomic mass is 16.3. The molecule has 4 aliphatic carbocycles. The first kappa shape index (κ1) is 15.2. The molecule has 0 unspecified atom stereocenters. The van der Waals surface area contributed by atoms with E-state index in [1.54, 1.807) is 0 Å². The van der Waals surface area contributed by atoms with Crippen LogP contribution in [0.15, 0.2) is 0 Å². The zero-order valence-corrected chi connectivity index (χ0v) is 14.3. The van der Waals surface area contributed by atoms with Crippen LogP contribution in [0.1, 0.15) is 71.6 Å². The Morgan fingerprint density at radius 1 is 1.05 bits per heavy atom. The first-order valence-corrected chi connectivity index (χ1v) is 9.54. The van der Waals surface area contributed by atoms with Crippen LogP contribution in [0.3, 0.4) is 0 Å². The number of rotatable bonds is 2. The minimum Gasteiger partial charge on any atom is -0.396 e. The summed E-state index contributed by atoms with van der Waals surface area (Å²) in [5.74, 6) is 2.51. The van der Waals surface area contributed by atoms with E-state index in [2.05, 4.69) is 13.8 Å². The molecule has 7 atom stereocenters. The molecule has 2 heteroatoms. The molecule has 4 saturated carbocycles. The lowest BCUT2D eigenvalue weighted by molar-refractivity contribution is -0.159. The van der Waals surface area contributed by atoms with E-state index in [9.17, 15) is 9.90 Å². The van der Waals surface area contributed by atoms with Crippen LogP contribution in [0.4, 0.5) is 0 Å². The number of aliphatic hydroxyl groups excluding tert-OH is 1. The Balaban J connectivity index is 1.70. The van der Waals surface area contributed by atoms with Gasteiger partial charge in [0.25, 0.3) is 0 Å². The molecule has 1 N–H and O–H groups in total. The molecule has 4 rings (SSSR count). The molecule has 0 saturated heterocycles. The van der Waals surface area contributed by atoms with Crippen molar-refractivity contribution in [2.45, 2.75) is 71.6 Å². The summed E-state index contributed by atoms with van der Waals surface area (Å²) in [6.45, 7) is 5.24. The van der Waals surface area contributed by atoms with Gasteiger partial charge in [0.05, 0.1) is 0 Å². The van der Waals surface area contributed by atoms with Gasteiger partial charge in [-0.1, -0.05) is 20.3 Å². The molecule has 0 aliphatic heterocycles. The summed E-state index contributed by atoms with van der Waals surface area (Å²) < 4.78 is 0. The number of carbonyl (C=O) groups excluding carboxylic acids is 1. The van der Waals surface area contributed by atoms with Crippen molar-refractivity contribution < 1.29 is 9.90 Å². The van der Waals surface area contributed by atoms with Crippen molar-refractivity contribution in [3.63, 3.8) is 0 Å². The summed E-state index contributed by atoms with van der Waals surface area (Å²) in [6.07, 6.45) is 12.8. The van der Waals surface area contributed by atoms with Gasteiger partial charge in [0, 0.05) is 12.5 Å². The molecule has 0 heterocycles. The Morgan fingerprint density at radius 2 is 1.86 bits per heavy atom. The highest BCUT2D eigenvalue weighted by Gasteiger charge is 2.64. The number of aldehydes is 1. The van der Waals surface area contributed by atoms with Gasteiger partial charge in [-0.25, -0.2) is 0 Å². The molecular formula is C20H32O2. The third-order valence-electron chi connectivity index (χ3n) is 8.85. The Hall–Kier alpha value is -0.370. The van der Waals surface area contributed by atoms with Crippen LogP contribution in [-0.4, -0.2) is 18.0 Å². The molecule has 0 radical (unpaired) electrons. The van der Waals surface area contributed by atoms with Crippen molar-refractivity contribution in [1.29, 1.82) is 0 Å². The van der Waals surface area contributed by atoms with Crippen LogP contribution in [0, 0.1) is 39.9 Å². The van der Waals surface area contributed by atoms with Crippen molar-refractivity contribution in [3.05, 3.63) is 0 Å². The molecule has 0 aromatic rings. The van der Waals surface area contributed by atoms with Crippen LogP contribution in [-0.2, 0) is 4.79 Å². The topological polar surface area (TPSA) is 37.3 Å². The highest BCUT2D eigenvalue weighted by molar-refractivity contribution is 5.55. The van der Waals surface area contributed by atoms with Gasteiger partial charge in [-0.2, -0.15) is 0 Å². The SMILES string of the molecule is C[C@@]1(CO)CCC[C@]2(C)[C@@H]1CC[C@@]13C[C@@H](CC[C@H]12)[C@H](C=O)C3. The second kappa shape index (κ2) is 4.82. The lowest BCUT2D eigenvalue weighted by atomic mass is 9.41. The lowest BCUT2D eigenvalue weighted by Crippen LogP contribution is -2.57. The van der Waals surface area contributed by atoms with E-state index < -0.39 is 0 Å². The van der Waals surface area contributed by atoms with Gasteiger partial charge >= 0.3 is 0 Å². The quantitative estimate of drug-likeness (QED) is 0.776. The lowest BCUT2D eigenvalue weighted by Gasteiger charge is -2.64. The number of fused-ring (bicyclic) bond motifs is 3. The van der Waals surface area contributed by atoms with E-state index in [1.165, 1.54) is 64.1 Å². The Bertz CT molecular complexity index is 474. The van der Waals surface area contributed by atoms with Crippen LogP contribution in [0.5, 0.6) is 0 Å². The summed E-state index contributed by atoms with van der Waals surface area (Å²) in [7, 11) is 0. The number of hydrogen-bond donors (Lipinski definition) is 1. The van der Waals surface area contributed by atoms with Gasteiger partial charge in [0.15, 0.2) is 0 Å². The third-order valence-corrected chi connectivity index (χ3v) is 8.85. The van der Waals surface area contributed by atoms with Gasteiger partial charge < -0.3 is 9.90 Å². The van der Waals surface area contributed by atoms with Gasteiger partial charge in [0.1, 0.15) is 6.29 Å². The average Bonchev–Trinajstić information content (AvgIpc) is 2.77. The fourth-order valence-electron chi connectivity index (χ4n) is 7.98. The fraction of sp³-hybridized carbons (Fsp3) is 0.950. The Morgan fingerprint density at radius 3 is 2.59 bits per heavy atom. The van der Waals surface area contributed by atoms with E-state index in [0.29, 0.717) is 35.2 Å². The molecular weight excluding hydrogens is 272 g/mol. The maximum Gasteiger partial charge on any atom is 0.123 e. The van der Waals surface area contributed by atoms with Crippen LogP contribution >= 0.6 is 0 Å². The van der Waals surface area contributed by atoms with Crippen LogP contribution in [0.25, 0.3) is 0 Å². The molecule has 4 fully saturated rings. The maximum atomic E-state index is 11.5.